The molecular formula is C29H34ClF5N6O4. The van der Waals surface area contributed by atoms with E-state index in [1.165, 1.54) is 24.0 Å². The molecule has 45 heavy (non-hydrogen) atoms. The van der Waals surface area contributed by atoms with E-state index in [0.29, 0.717) is 10.1 Å². The molecule has 0 radical (unpaired) electrons. The Morgan fingerprint density at radius 2 is 1.93 bits per heavy atom. The van der Waals surface area contributed by atoms with Crippen LogP contribution in [0.25, 0.3) is 0 Å². The number of carbonyl (C=O) groups excluding carboxylic acids is 3. The molecule has 3 amide bonds. The second kappa shape index (κ2) is 12.2. The maximum Gasteiger partial charge on any atom is 0.437 e. The summed E-state index contributed by atoms with van der Waals surface area (Å²) >= 11 is 6.71. The average Bonchev–Trinajstić information content (AvgIpc) is 3.32. The fraction of sp³-hybridized carbons (Fsp3) is 0.552. The third-order valence-corrected chi connectivity index (χ3v) is 8.05. The van der Waals surface area contributed by atoms with Crippen LogP contribution in [-0.4, -0.2) is 62.1 Å². The van der Waals surface area contributed by atoms with Gasteiger partial charge in [-0.2, -0.15) is 13.2 Å². The van der Waals surface area contributed by atoms with E-state index in [0.717, 1.165) is 12.5 Å². The molecule has 1 saturated carbocycles. The van der Waals surface area contributed by atoms with Gasteiger partial charge in [0.25, 0.3) is 11.8 Å². The second-order valence-corrected chi connectivity index (χ2v) is 12.9. The van der Waals surface area contributed by atoms with E-state index in [-0.39, 0.29) is 41.6 Å². The van der Waals surface area contributed by atoms with Crippen LogP contribution in [0.4, 0.5) is 32.4 Å². The van der Waals surface area contributed by atoms with Crippen LogP contribution in [0.3, 0.4) is 0 Å². The van der Waals surface area contributed by atoms with Crippen molar-refractivity contribution in [3.05, 3.63) is 47.0 Å². The quantitative estimate of drug-likeness (QED) is 0.354. The molecule has 2 fully saturated rings. The number of amides is 3. The van der Waals surface area contributed by atoms with Gasteiger partial charge in [-0.3, -0.25) is 14.5 Å². The third-order valence-electron chi connectivity index (χ3n) is 7.64. The van der Waals surface area contributed by atoms with E-state index in [1.807, 2.05) is 0 Å². The Labute approximate surface area is 261 Å². The number of alkyl halides is 5. The van der Waals surface area contributed by atoms with Crippen molar-refractivity contribution >= 4 is 41.2 Å². The number of imidazole rings is 1. The van der Waals surface area contributed by atoms with E-state index >= 15 is 0 Å². The highest BCUT2D eigenvalue weighted by Gasteiger charge is 2.49. The number of anilines is 1. The Bertz CT molecular complexity index is 1500. The molecule has 16 heteroatoms. The minimum absolute atomic E-state index is 0.0258. The number of nitrogens with one attached hydrogen (secondary N) is 2. The van der Waals surface area contributed by atoms with Gasteiger partial charge in [0.1, 0.15) is 17.8 Å². The van der Waals surface area contributed by atoms with Crippen molar-refractivity contribution in [2.45, 2.75) is 96.1 Å². The van der Waals surface area contributed by atoms with Gasteiger partial charge < -0.3 is 19.9 Å². The number of nitrogens with zero attached hydrogens (tertiary/aromatic N) is 4. The molecule has 1 aliphatic carbocycles. The van der Waals surface area contributed by atoms with E-state index < -0.39 is 66.1 Å². The van der Waals surface area contributed by atoms with Gasteiger partial charge in [-0.05, 0) is 52.2 Å². The topological polar surface area (TPSA) is 118 Å². The number of halogens is 6. The number of aromatic nitrogens is 2. The molecule has 0 bridgehead atoms. The van der Waals surface area contributed by atoms with Crippen LogP contribution < -0.4 is 10.6 Å². The minimum Gasteiger partial charge on any atom is -0.442 e. The Morgan fingerprint density at radius 1 is 1.24 bits per heavy atom. The molecular weight excluding hydrogens is 627 g/mol. The first-order chi connectivity index (χ1) is 20.7. The molecule has 0 spiro atoms. The minimum atomic E-state index is -4.59. The summed E-state index contributed by atoms with van der Waals surface area (Å²) in [5, 5.41) is 5.55. The Balaban J connectivity index is 1.66. The first kappa shape index (κ1) is 34.1. The van der Waals surface area contributed by atoms with Crippen molar-refractivity contribution in [2.24, 2.45) is 10.9 Å². The van der Waals surface area contributed by atoms with Crippen LogP contribution in [0.5, 0.6) is 0 Å². The molecule has 2 aromatic rings. The highest BCUT2D eigenvalue weighted by molar-refractivity contribution is 6.35. The van der Waals surface area contributed by atoms with Gasteiger partial charge >= 0.3 is 12.3 Å². The monoisotopic (exact) mass is 660 g/mol. The summed E-state index contributed by atoms with van der Waals surface area (Å²) in [5.74, 6) is -5.55. The molecule has 0 unspecified atom stereocenters. The molecule has 1 aromatic heterocycles. The molecule has 1 aromatic carbocycles. The van der Waals surface area contributed by atoms with Crippen molar-refractivity contribution in [3.8, 4) is 0 Å². The summed E-state index contributed by atoms with van der Waals surface area (Å²) in [4.78, 5) is 48.4. The second-order valence-electron chi connectivity index (χ2n) is 12.5. The van der Waals surface area contributed by atoms with E-state index in [2.05, 4.69) is 20.6 Å². The van der Waals surface area contributed by atoms with Gasteiger partial charge in [-0.1, -0.05) is 30.7 Å². The lowest BCUT2D eigenvalue weighted by Gasteiger charge is -2.47. The van der Waals surface area contributed by atoms with Crippen molar-refractivity contribution in [2.75, 3.05) is 5.32 Å². The van der Waals surface area contributed by atoms with Crippen LogP contribution in [0, 0.1) is 5.92 Å². The summed E-state index contributed by atoms with van der Waals surface area (Å²) in [7, 11) is 0. The highest BCUT2D eigenvalue weighted by Crippen LogP contribution is 2.43. The zero-order chi connectivity index (χ0) is 33.5. The number of guanidine groups is 1. The van der Waals surface area contributed by atoms with Crippen LogP contribution in [0.1, 0.15) is 76.4 Å². The van der Waals surface area contributed by atoms with E-state index in [4.69, 9.17) is 16.3 Å². The molecule has 10 nitrogen and oxygen atoms in total. The standard InChI is InChI=1S/C29H34ClF5N6O4/c1-16-11-17(9-10-28(16,31)32)41-21(42)12-27(5,39-24(41)38-25(44)45-26(2,3)4)18-7-6-8-19(22(18)30)37-23(43)20-13-36-15-40(20)14-29(33,34)35/h6-8,13,15-17H,9-12,14H2,1-5H3,(H,37,43)(H,38,39,44)/t16-,17-,27+/m1/s1. The normalized spacial score (nSPS) is 24.7. The summed E-state index contributed by atoms with van der Waals surface area (Å²) in [6.07, 6.45) is -4.48. The lowest BCUT2D eigenvalue weighted by atomic mass is 9.81. The molecule has 4 rings (SSSR count). The zero-order valence-corrected chi connectivity index (χ0v) is 26.0. The third kappa shape index (κ3) is 7.92. The molecule has 3 atom stereocenters. The summed E-state index contributed by atoms with van der Waals surface area (Å²) in [6, 6.07) is 3.83. The van der Waals surface area contributed by atoms with Gasteiger partial charge in [-0.15, -0.1) is 4.99 Å². The molecule has 2 aliphatic rings. The van der Waals surface area contributed by atoms with Gasteiger partial charge in [0.05, 0.1) is 35.2 Å². The van der Waals surface area contributed by atoms with Crippen LogP contribution in [0.15, 0.2) is 35.7 Å². The number of rotatable bonds is 5. The highest BCUT2D eigenvalue weighted by atomic mass is 35.5. The summed E-state index contributed by atoms with van der Waals surface area (Å²) < 4.78 is 73.5. The van der Waals surface area contributed by atoms with Crippen molar-refractivity contribution < 1.29 is 41.1 Å². The zero-order valence-electron chi connectivity index (χ0n) is 25.3. The lowest BCUT2D eigenvalue weighted by molar-refractivity contribution is -0.140. The van der Waals surface area contributed by atoms with E-state index in [9.17, 15) is 36.3 Å². The first-order valence-electron chi connectivity index (χ1n) is 14.2. The van der Waals surface area contributed by atoms with Crippen LogP contribution in [0.2, 0.25) is 5.02 Å². The largest absolute Gasteiger partial charge is 0.442 e. The summed E-state index contributed by atoms with van der Waals surface area (Å²) in [6.45, 7) is 6.47. The number of hydrogen-bond acceptors (Lipinski definition) is 5. The van der Waals surface area contributed by atoms with Crippen molar-refractivity contribution in [3.63, 3.8) is 0 Å². The number of carbonyl (C=O) groups is 3. The smallest absolute Gasteiger partial charge is 0.437 e. The SMILES string of the molecule is C[C@@H]1C[C@H](N2C(=O)C[C@@](C)(c3cccc(NC(=O)c4cncn4CC(F)(F)F)c3Cl)N/C2=N\C(=O)OC(C)(C)C)CCC1(F)F. The van der Waals surface area contributed by atoms with Gasteiger partial charge in [0, 0.05) is 18.4 Å². The first-order valence-corrected chi connectivity index (χ1v) is 14.5. The van der Waals surface area contributed by atoms with Gasteiger partial charge in [0.15, 0.2) is 0 Å². The van der Waals surface area contributed by atoms with E-state index in [1.54, 1.807) is 33.8 Å². The maximum atomic E-state index is 14.3. The van der Waals surface area contributed by atoms with Gasteiger partial charge in [-0.25, -0.2) is 18.6 Å². The number of ether oxygens (including phenoxy) is 1. The van der Waals surface area contributed by atoms with Crippen LogP contribution in [-0.2, 0) is 21.6 Å². The lowest BCUT2D eigenvalue weighted by Crippen LogP contribution is -2.63. The fourth-order valence-electron chi connectivity index (χ4n) is 5.46. The molecule has 2 N–H and O–H groups in total. The Morgan fingerprint density at radius 3 is 2.56 bits per heavy atom. The average molecular weight is 661 g/mol. The summed E-state index contributed by atoms with van der Waals surface area (Å²) in [5.41, 5.74) is -2.28. The molecule has 2 heterocycles. The van der Waals surface area contributed by atoms with Crippen molar-refractivity contribution in [1.29, 1.82) is 0 Å². The predicted octanol–water partition coefficient (Wildman–Crippen LogP) is 6.50. The number of aliphatic imine (C=N–C) groups is 1. The molecule has 1 aliphatic heterocycles. The number of benzene rings is 1. The molecule has 246 valence electrons. The Kier molecular flexibility index (Phi) is 9.26. The van der Waals surface area contributed by atoms with Crippen LogP contribution >= 0.6 is 11.6 Å². The number of hydrogen-bond donors (Lipinski definition) is 2. The predicted molar refractivity (Wildman–Crippen MR) is 155 cm³/mol. The Hall–Kier alpha value is -3.75. The fourth-order valence-corrected chi connectivity index (χ4v) is 5.84. The molecule has 1 saturated heterocycles. The van der Waals surface area contributed by atoms with Crippen molar-refractivity contribution in [1.82, 2.24) is 19.8 Å². The maximum absolute atomic E-state index is 14.3. The van der Waals surface area contributed by atoms with Gasteiger partial charge in [0.2, 0.25) is 11.9 Å².